The Morgan fingerprint density at radius 2 is 2.11 bits per heavy atom. The molecule has 1 rings (SSSR count). The van der Waals surface area contributed by atoms with Crippen molar-refractivity contribution in [3.05, 3.63) is 0 Å². The predicted octanol–water partition coefficient (Wildman–Crippen LogP) is -0.491. The van der Waals surface area contributed by atoms with Gasteiger partial charge in [0, 0.05) is 21.1 Å². The zero-order valence-corrected chi connectivity index (χ0v) is 11.2. The van der Waals surface area contributed by atoms with Gasteiger partial charge >= 0.3 is 0 Å². The van der Waals surface area contributed by atoms with Crippen LogP contribution in [0.3, 0.4) is 0 Å². The van der Waals surface area contributed by atoms with E-state index in [0.717, 1.165) is 19.3 Å². The Morgan fingerprint density at radius 1 is 1.44 bits per heavy atom. The summed E-state index contributed by atoms with van der Waals surface area (Å²) in [6, 6.07) is -0.245. The maximum atomic E-state index is 11.8. The Balaban J connectivity index is 2.56. The Morgan fingerprint density at radius 3 is 2.67 bits per heavy atom. The molecule has 1 saturated carbocycles. The number of amides is 2. The van der Waals surface area contributed by atoms with E-state index in [1.807, 2.05) is 0 Å². The van der Waals surface area contributed by atoms with E-state index in [-0.39, 0.29) is 30.5 Å². The molecule has 0 bridgehead atoms. The van der Waals surface area contributed by atoms with Gasteiger partial charge in [0.15, 0.2) is 0 Å². The minimum atomic E-state index is -0.671. The summed E-state index contributed by atoms with van der Waals surface area (Å²) in [6.07, 6.45) is 1.58. The molecule has 104 valence electrons. The van der Waals surface area contributed by atoms with Crippen LogP contribution in [0.2, 0.25) is 0 Å². The van der Waals surface area contributed by atoms with Crippen molar-refractivity contribution in [3.8, 4) is 0 Å². The highest BCUT2D eigenvalue weighted by atomic mass is 16.5. The fourth-order valence-corrected chi connectivity index (χ4v) is 2.31. The van der Waals surface area contributed by atoms with Gasteiger partial charge in [-0.2, -0.15) is 0 Å². The lowest BCUT2D eigenvalue weighted by molar-refractivity contribution is -0.140. The monoisotopic (exact) mass is 258 g/mol. The standard InChI is InChI=1S/C12H22N2O4/c1-8(15)13-7-11(16)14(2)9-5-4-6-10(18-3)12(9)17/h9-10,12,17H,4-7H2,1-3H3,(H,13,15)/t9-,10-,12-/m1/s1. The number of nitrogens with zero attached hydrogens (tertiary/aromatic N) is 1. The molecule has 1 aliphatic carbocycles. The van der Waals surface area contributed by atoms with Gasteiger partial charge < -0.3 is 20.1 Å². The molecule has 18 heavy (non-hydrogen) atoms. The van der Waals surface area contributed by atoms with Gasteiger partial charge in [0.05, 0.1) is 18.7 Å². The van der Waals surface area contributed by atoms with Crippen LogP contribution in [-0.2, 0) is 14.3 Å². The third-order valence-electron chi connectivity index (χ3n) is 3.45. The summed E-state index contributed by atoms with van der Waals surface area (Å²) in [6.45, 7) is 1.33. The first-order chi connectivity index (χ1) is 8.47. The van der Waals surface area contributed by atoms with Gasteiger partial charge in [-0.15, -0.1) is 0 Å². The number of ether oxygens (including phenoxy) is 1. The first-order valence-electron chi connectivity index (χ1n) is 6.18. The number of carbonyl (C=O) groups excluding carboxylic acids is 2. The van der Waals surface area contributed by atoms with Crippen molar-refractivity contribution in [1.82, 2.24) is 10.2 Å². The summed E-state index contributed by atoms with van der Waals surface area (Å²) in [7, 11) is 3.21. The molecule has 0 spiro atoms. The minimum absolute atomic E-state index is 0.0350. The van der Waals surface area contributed by atoms with Crippen LogP contribution < -0.4 is 5.32 Å². The highest BCUT2D eigenvalue weighted by Crippen LogP contribution is 2.24. The van der Waals surface area contributed by atoms with Gasteiger partial charge in [-0.3, -0.25) is 9.59 Å². The third-order valence-corrected chi connectivity index (χ3v) is 3.45. The van der Waals surface area contributed by atoms with Crippen LogP contribution in [0.4, 0.5) is 0 Å². The topological polar surface area (TPSA) is 78.9 Å². The van der Waals surface area contributed by atoms with Crippen molar-refractivity contribution in [2.75, 3.05) is 20.7 Å². The summed E-state index contributed by atoms with van der Waals surface area (Å²) in [5, 5.41) is 12.6. The van der Waals surface area contributed by atoms with Crippen LogP contribution in [0.25, 0.3) is 0 Å². The first kappa shape index (κ1) is 14.9. The molecule has 0 aromatic heterocycles. The number of likely N-dealkylation sites (N-methyl/N-ethyl adjacent to an activating group) is 1. The van der Waals surface area contributed by atoms with E-state index in [9.17, 15) is 14.7 Å². The van der Waals surface area contributed by atoms with Gasteiger partial charge in [-0.1, -0.05) is 0 Å². The van der Waals surface area contributed by atoms with E-state index >= 15 is 0 Å². The van der Waals surface area contributed by atoms with E-state index in [1.165, 1.54) is 11.8 Å². The van der Waals surface area contributed by atoms with Crippen LogP contribution in [0.1, 0.15) is 26.2 Å². The highest BCUT2D eigenvalue weighted by Gasteiger charge is 2.35. The van der Waals surface area contributed by atoms with Gasteiger partial charge in [0.2, 0.25) is 11.8 Å². The van der Waals surface area contributed by atoms with Gasteiger partial charge in [-0.05, 0) is 19.3 Å². The fourth-order valence-electron chi connectivity index (χ4n) is 2.31. The molecule has 0 aromatic carbocycles. The number of methoxy groups -OCH3 is 1. The lowest BCUT2D eigenvalue weighted by atomic mass is 9.89. The number of rotatable bonds is 4. The largest absolute Gasteiger partial charge is 0.388 e. The predicted molar refractivity (Wildman–Crippen MR) is 65.9 cm³/mol. The molecular weight excluding hydrogens is 236 g/mol. The number of aliphatic hydroxyl groups is 1. The molecule has 1 fully saturated rings. The van der Waals surface area contributed by atoms with Gasteiger partial charge in [-0.25, -0.2) is 0 Å². The van der Waals surface area contributed by atoms with Crippen molar-refractivity contribution >= 4 is 11.8 Å². The summed E-state index contributed by atoms with van der Waals surface area (Å²) in [4.78, 5) is 24.1. The normalized spacial score (nSPS) is 27.7. The van der Waals surface area contributed by atoms with E-state index in [4.69, 9.17) is 4.74 Å². The van der Waals surface area contributed by atoms with Crippen molar-refractivity contribution in [3.63, 3.8) is 0 Å². The van der Waals surface area contributed by atoms with Crippen LogP contribution in [-0.4, -0.2) is 60.8 Å². The maximum absolute atomic E-state index is 11.8. The highest BCUT2D eigenvalue weighted by molar-refractivity contribution is 5.83. The van der Waals surface area contributed by atoms with Crippen LogP contribution in [0.5, 0.6) is 0 Å². The summed E-state index contributed by atoms with van der Waals surface area (Å²) < 4.78 is 5.20. The quantitative estimate of drug-likeness (QED) is 0.713. The average Bonchev–Trinajstić information content (AvgIpc) is 2.35. The SMILES string of the molecule is CO[C@@H]1CCC[C@@H](N(C)C(=O)CNC(C)=O)[C@H]1O. The minimum Gasteiger partial charge on any atom is -0.388 e. The number of nitrogens with one attached hydrogen (secondary N) is 1. The van der Waals surface area contributed by atoms with E-state index < -0.39 is 6.10 Å². The summed E-state index contributed by atoms with van der Waals surface area (Å²) in [5.41, 5.74) is 0. The number of aliphatic hydroxyl groups excluding tert-OH is 1. The average molecular weight is 258 g/mol. The van der Waals surface area contributed by atoms with Gasteiger partial charge in [0.1, 0.15) is 6.10 Å². The van der Waals surface area contributed by atoms with E-state index in [1.54, 1.807) is 14.2 Å². The molecule has 0 aromatic rings. The van der Waals surface area contributed by atoms with E-state index in [0.29, 0.717) is 0 Å². The first-order valence-corrected chi connectivity index (χ1v) is 6.18. The molecule has 0 heterocycles. The molecule has 6 heteroatoms. The number of hydrogen-bond donors (Lipinski definition) is 2. The number of carbonyl (C=O) groups is 2. The second-order valence-electron chi connectivity index (χ2n) is 4.68. The molecule has 6 nitrogen and oxygen atoms in total. The maximum Gasteiger partial charge on any atom is 0.242 e. The summed E-state index contributed by atoms with van der Waals surface area (Å²) >= 11 is 0. The number of hydrogen-bond acceptors (Lipinski definition) is 4. The van der Waals surface area contributed by atoms with Crippen molar-refractivity contribution in [2.45, 2.75) is 44.4 Å². The Bertz CT molecular complexity index is 308. The zero-order chi connectivity index (χ0) is 13.7. The molecule has 0 radical (unpaired) electrons. The van der Waals surface area contributed by atoms with Gasteiger partial charge in [0.25, 0.3) is 0 Å². The van der Waals surface area contributed by atoms with Crippen molar-refractivity contribution in [2.24, 2.45) is 0 Å². The molecule has 1 aliphatic rings. The molecule has 2 amide bonds. The van der Waals surface area contributed by atoms with Crippen molar-refractivity contribution < 1.29 is 19.4 Å². The second-order valence-corrected chi connectivity index (χ2v) is 4.68. The van der Waals surface area contributed by atoms with Crippen molar-refractivity contribution in [1.29, 1.82) is 0 Å². The van der Waals surface area contributed by atoms with Crippen LogP contribution in [0.15, 0.2) is 0 Å². The Kier molecular flexibility index (Phi) is 5.55. The van der Waals surface area contributed by atoms with E-state index in [2.05, 4.69) is 5.32 Å². The van der Waals surface area contributed by atoms with Crippen LogP contribution in [0, 0.1) is 0 Å². The molecule has 0 unspecified atom stereocenters. The zero-order valence-electron chi connectivity index (χ0n) is 11.2. The Labute approximate surface area is 107 Å². The smallest absolute Gasteiger partial charge is 0.242 e. The molecular formula is C12H22N2O4. The molecule has 0 aliphatic heterocycles. The van der Waals surface area contributed by atoms with Crippen LogP contribution >= 0.6 is 0 Å². The third kappa shape index (κ3) is 3.68. The lowest BCUT2D eigenvalue weighted by Crippen LogP contribution is -2.53. The Hall–Kier alpha value is -1.14. The lowest BCUT2D eigenvalue weighted by Gasteiger charge is -2.39. The molecule has 0 saturated heterocycles. The fraction of sp³-hybridized carbons (Fsp3) is 0.833. The summed E-state index contributed by atoms with van der Waals surface area (Å²) in [5.74, 6) is -0.443. The second kappa shape index (κ2) is 6.70. The molecule has 2 N–H and O–H groups in total. The molecule has 3 atom stereocenters.